The van der Waals surface area contributed by atoms with Crippen molar-refractivity contribution < 1.29 is 38.7 Å². The molecule has 0 radical (unpaired) electrons. The van der Waals surface area contributed by atoms with Crippen LogP contribution >= 0.6 is 0 Å². The van der Waals surface area contributed by atoms with Crippen molar-refractivity contribution in [3.63, 3.8) is 0 Å². The maximum absolute atomic E-state index is 12.1. The summed E-state index contributed by atoms with van der Waals surface area (Å²) in [6.07, 6.45) is -1.08. The fourth-order valence-electron chi connectivity index (χ4n) is 2.96. The van der Waals surface area contributed by atoms with E-state index in [4.69, 9.17) is 9.47 Å². The zero-order chi connectivity index (χ0) is 15.2. The Morgan fingerprint density at radius 2 is 1.85 bits per heavy atom. The predicted molar refractivity (Wildman–Crippen MR) is 62.4 cm³/mol. The van der Waals surface area contributed by atoms with Crippen molar-refractivity contribution in [3.05, 3.63) is 0 Å². The largest absolute Gasteiger partial charge is 0.467 e. The van der Waals surface area contributed by atoms with E-state index in [1.54, 1.807) is 6.92 Å². The van der Waals surface area contributed by atoms with Gasteiger partial charge in [0.2, 0.25) is 11.2 Å². The van der Waals surface area contributed by atoms with E-state index in [0.717, 1.165) is 14.2 Å². The molecule has 2 N–H and O–H groups in total. The number of hydrogen-bond donors (Lipinski definition) is 2. The molecule has 0 unspecified atom stereocenters. The third-order valence-corrected chi connectivity index (χ3v) is 3.97. The molecule has 0 aromatic carbocycles. The minimum Gasteiger partial charge on any atom is -0.467 e. The molecule has 20 heavy (non-hydrogen) atoms. The van der Waals surface area contributed by atoms with E-state index in [1.807, 2.05) is 0 Å². The fourth-order valence-corrected chi connectivity index (χ4v) is 2.96. The Hall–Kier alpha value is -1.22. The normalized spacial score (nSPS) is 43.1. The van der Waals surface area contributed by atoms with Crippen LogP contribution in [-0.4, -0.2) is 66.1 Å². The van der Waals surface area contributed by atoms with E-state index in [2.05, 4.69) is 9.47 Å². The number of ether oxygens (including phenoxy) is 4. The van der Waals surface area contributed by atoms with Crippen molar-refractivity contribution in [2.75, 3.05) is 20.8 Å². The summed E-state index contributed by atoms with van der Waals surface area (Å²) >= 11 is 0. The van der Waals surface area contributed by atoms with E-state index in [0.29, 0.717) is 0 Å². The average molecular weight is 290 g/mol. The summed E-state index contributed by atoms with van der Waals surface area (Å²) in [6.45, 7) is 0.889. The molecule has 0 aliphatic carbocycles. The van der Waals surface area contributed by atoms with Gasteiger partial charge in [-0.25, -0.2) is 9.59 Å². The topological polar surface area (TPSA) is 112 Å². The number of carbonyl (C=O) groups excluding carboxylic acids is 2. The predicted octanol–water partition coefficient (Wildman–Crippen LogP) is -1.28. The van der Waals surface area contributed by atoms with Crippen molar-refractivity contribution in [3.8, 4) is 0 Å². The second kappa shape index (κ2) is 4.66. The van der Waals surface area contributed by atoms with Gasteiger partial charge in [0.05, 0.1) is 20.8 Å². The standard InChI is InChI=1S/C12H18O8/c1-10-4-5-11(20-10,8(14)17-2)12(16,9(15)18-3)7(6-13)19-10/h7,13,16H,4-6H2,1-3H3/t7-,10+,11+,12-/m1/s1. The number of hydrogen-bond acceptors (Lipinski definition) is 8. The molecule has 0 amide bonds. The van der Waals surface area contributed by atoms with Crippen LogP contribution in [0.1, 0.15) is 19.8 Å². The maximum Gasteiger partial charge on any atom is 0.344 e. The quantitative estimate of drug-likeness (QED) is 0.618. The Morgan fingerprint density at radius 3 is 2.35 bits per heavy atom. The summed E-state index contributed by atoms with van der Waals surface area (Å²) in [5.41, 5.74) is -4.42. The van der Waals surface area contributed by atoms with Crippen molar-refractivity contribution in [2.45, 2.75) is 42.9 Å². The van der Waals surface area contributed by atoms with Crippen LogP contribution in [0.3, 0.4) is 0 Å². The van der Waals surface area contributed by atoms with Crippen LogP contribution in [0.4, 0.5) is 0 Å². The lowest BCUT2D eigenvalue weighted by Gasteiger charge is -2.49. The van der Waals surface area contributed by atoms with E-state index in [1.165, 1.54) is 0 Å². The van der Waals surface area contributed by atoms with E-state index in [9.17, 15) is 19.8 Å². The fraction of sp³-hybridized carbons (Fsp3) is 0.833. The minimum absolute atomic E-state index is 0.0122. The molecule has 114 valence electrons. The van der Waals surface area contributed by atoms with Gasteiger partial charge >= 0.3 is 11.9 Å². The first-order chi connectivity index (χ1) is 9.29. The molecule has 4 atom stereocenters. The van der Waals surface area contributed by atoms with Crippen LogP contribution in [0.25, 0.3) is 0 Å². The van der Waals surface area contributed by atoms with E-state index >= 15 is 0 Å². The third-order valence-electron chi connectivity index (χ3n) is 3.97. The van der Waals surface area contributed by atoms with Crippen LogP contribution in [-0.2, 0) is 28.5 Å². The molecule has 2 aliphatic heterocycles. The Kier molecular flexibility index (Phi) is 3.53. The molecule has 8 heteroatoms. The molecule has 0 spiro atoms. The van der Waals surface area contributed by atoms with Crippen molar-refractivity contribution in [1.82, 2.24) is 0 Å². The first-order valence-corrected chi connectivity index (χ1v) is 6.17. The second-order valence-electron chi connectivity index (χ2n) is 5.10. The lowest BCUT2D eigenvalue weighted by atomic mass is 9.76. The van der Waals surface area contributed by atoms with Crippen LogP contribution in [0.2, 0.25) is 0 Å². The number of rotatable bonds is 3. The molecule has 0 aromatic heterocycles. The van der Waals surface area contributed by atoms with Gasteiger partial charge in [-0.2, -0.15) is 0 Å². The van der Waals surface area contributed by atoms with Gasteiger partial charge in [0.1, 0.15) is 6.10 Å². The number of esters is 2. The summed E-state index contributed by atoms with van der Waals surface area (Å²) in [5.74, 6) is -3.20. The van der Waals surface area contributed by atoms with Gasteiger partial charge in [-0.1, -0.05) is 0 Å². The highest BCUT2D eigenvalue weighted by molar-refractivity contribution is 5.94. The zero-order valence-corrected chi connectivity index (χ0v) is 11.5. The average Bonchev–Trinajstić information content (AvgIpc) is 2.77. The van der Waals surface area contributed by atoms with Crippen molar-refractivity contribution in [2.24, 2.45) is 0 Å². The molecule has 0 saturated carbocycles. The monoisotopic (exact) mass is 290 g/mol. The number of aliphatic hydroxyl groups excluding tert-OH is 1. The van der Waals surface area contributed by atoms with Gasteiger partial charge in [0.25, 0.3) is 0 Å². The number of fused-ring (bicyclic) bond motifs is 2. The van der Waals surface area contributed by atoms with Gasteiger partial charge in [0, 0.05) is 6.42 Å². The highest BCUT2D eigenvalue weighted by atomic mass is 16.8. The summed E-state index contributed by atoms with van der Waals surface area (Å²) in [4.78, 5) is 24.2. The molecule has 2 saturated heterocycles. The summed E-state index contributed by atoms with van der Waals surface area (Å²) in [6, 6.07) is 0. The van der Waals surface area contributed by atoms with Crippen LogP contribution in [0.5, 0.6) is 0 Å². The summed E-state index contributed by atoms with van der Waals surface area (Å²) in [5, 5.41) is 20.2. The van der Waals surface area contributed by atoms with Gasteiger partial charge < -0.3 is 29.2 Å². The number of methoxy groups -OCH3 is 2. The van der Waals surface area contributed by atoms with Gasteiger partial charge in [-0.05, 0) is 13.3 Å². The first-order valence-electron chi connectivity index (χ1n) is 6.17. The molecular formula is C12H18O8. The molecule has 0 aromatic rings. The third kappa shape index (κ3) is 1.69. The molecule has 2 bridgehead atoms. The molecule has 2 aliphatic rings. The Bertz CT molecular complexity index is 421. The molecule has 2 heterocycles. The number of carbonyl (C=O) groups is 2. The second-order valence-corrected chi connectivity index (χ2v) is 5.10. The summed E-state index contributed by atoms with van der Waals surface area (Å²) < 4.78 is 20.2. The van der Waals surface area contributed by atoms with Crippen molar-refractivity contribution in [1.29, 1.82) is 0 Å². The highest BCUT2D eigenvalue weighted by Crippen LogP contribution is 2.52. The smallest absolute Gasteiger partial charge is 0.344 e. The number of aliphatic hydroxyl groups is 2. The molecular weight excluding hydrogens is 272 g/mol. The minimum atomic E-state index is -2.47. The first kappa shape index (κ1) is 15.2. The van der Waals surface area contributed by atoms with Gasteiger partial charge in [0.15, 0.2) is 5.79 Å². The molecule has 2 fully saturated rings. The zero-order valence-electron chi connectivity index (χ0n) is 11.5. The van der Waals surface area contributed by atoms with Crippen molar-refractivity contribution >= 4 is 11.9 Å². The molecule has 8 nitrogen and oxygen atoms in total. The highest BCUT2D eigenvalue weighted by Gasteiger charge is 2.76. The van der Waals surface area contributed by atoms with E-state index in [-0.39, 0.29) is 12.8 Å². The Morgan fingerprint density at radius 1 is 1.25 bits per heavy atom. The Balaban J connectivity index is 2.58. The maximum atomic E-state index is 12.1. The Labute approximate surface area is 115 Å². The lowest BCUT2D eigenvalue weighted by molar-refractivity contribution is -0.364. The lowest BCUT2D eigenvalue weighted by Crippen LogP contribution is -2.74. The van der Waals surface area contributed by atoms with Crippen LogP contribution in [0.15, 0.2) is 0 Å². The van der Waals surface area contributed by atoms with E-state index < -0.39 is 41.6 Å². The van der Waals surface area contributed by atoms with Crippen LogP contribution < -0.4 is 0 Å². The summed E-state index contributed by atoms with van der Waals surface area (Å²) in [7, 11) is 2.18. The van der Waals surface area contributed by atoms with Gasteiger partial charge in [-0.15, -0.1) is 0 Å². The van der Waals surface area contributed by atoms with Gasteiger partial charge in [-0.3, -0.25) is 0 Å². The van der Waals surface area contributed by atoms with Crippen LogP contribution in [0, 0.1) is 0 Å². The molecule has 2 rings (SSSR count). The SMILES string of the molecule is COC(=O)[C@@]12CC[C@@](C)(O[C@H](CO)[C@@]1(O)C(=O)OC)O2.